The fourth-order valence-electron chi connectivity index (χ4n) is 1.36. The maximum atomic E-state index is 13.6. The first kappa shape index (κ1) is 14.8. The fourth-order valence-corrected chi connectivity index (χ4v) is 2.41. The second kappa shape index (κ2) is 7.23. The van der Waals surface area contributed by atoms with Crippen molar-refractivity contribution in [3.05, 3.63) is 35.1 Å². The van der Waals surface area contributed by atoms with Crippen molar-refractivity contribution in [2.24, 2.45) is 0 Å². The van der Waals surface area contributed by atoms with E-state index in [4.69, 9.17) is 4.74 Å². The Morgan fingerprint density at radius 2 is 2.11 bits per heavy atom. The molecule has 1 unspecified atom stereocenters. The zero-order chi connectivity index (χ0) is 13.5. The smallest absolute Gasteiger partial charge is 0.340 e. The Balaban J connectivity index is 2.72. The summed E-state index contributed by atoms with van der Waals surface area (Å²) in [6.45, 7) is 0.398. The molecule has 0 amide bonds. The second-order valence-electron chi connectivity index (χ2n) is 3.59. The van der Waals surface area contributed by atoms with Crippen LogP contribution in [-0.2, 0) is 26.0 Å². The number of hydrogen-bond acceptors (Lipinski definition) is 4. The van der Waals surface area contributed by atoms with E-state index in [9.17, 15) is 13.4 Å². The summed E-state index contributed by atoms with van der Waals surface area (Å²) < 4.78 is 34.4. The van der Waals surface area contributed by atoms with E-state index in [1.54, 1.807) is 6.07 Å². The molecule has 0 aromatic heterocycles. The van der Waals surface area contributed by atoms with E-state index < -0.39 is 22.6 Å². The summed E-state index contributed by atoms with van der Waals surface area (Å²) in [7, 11) is 1.61. The molecule has 18 heavy (non-hydrogen) atoms. The molecule has 1 atom stereocenters. The van der Waals surface area contributed by atoms with Gasteiger partial charge in [0.15, 0.2) is 0 Å². The maximum Gasteiger partial charge on any atom is 0.340 e. The Bertz CT molecular complexity index is 448. The first-order valence-corrected chi connectivity index (χ1v) is 6.78. The van der Waals surface area contributed by atoms with Crippen molar-refractivity contribution in [1.82, 2.24) is 0 Å². The van der Waals surface area contributed by atoms with Crippen LogP contribution in [0.4, 0.5) is 4.39 Å². The Morgan fingerprint density at radius 1 is 1.39 bits per heavy atom. The number of carbonyl (C=O) groups is 1. The van der Waals surface area contributed by atoms with Crippen molar-refractivity contribution >= 4 is 16.8 Å². The summed E-state index contributed by atoms with van der Waals surface area (Å²) in [5.41, 5.74) is 0.457. The minimum atomic E-state index is -1.11. The van der Waals surface area contributed by atoms with E-state index in [2.05, 4.69) is 4.74 Å². The number of rotatable bonds is 6. The first-order valence-electron chi connectivity index (χ1n) is 5.29. The van der Waals surface area contributed by atoms with Crippen molar-refractivity contribution in [2.75, 3.05) is 26.6 Å². The van der Waals surface area contributed by atoms with Gasteiger partial charge in [-0.15, -0.1) is 0 Å². The van der Waals surface area contributed by atoms with Gasteiger partial charge in [0.25, 0.3) is 0 Å². The highest BCUT2D eigenvalue weighted by atomic mass is 32.2. The molecule has 0 saturated carbocycles. The lowest BCUT2D eigenvalue weighted by Crippen LogP contribution is -2.08. The predicted octanol–water partition coefficient (Wildman–Crippen LogP) is 1.51. The fraction of sp³-hybridized carbons (Fsp3) is 0.417. The SMILES string of the molecule is COCCS(=O)Cc1ccc(C(=O)OC)c(F)c1. The third kappa shape index (κ3) is 4.19. The number of benzene rings is 1. The van der Waals surface area contributed by atoms with Crippen LogP contribution in [0.15, 0.2) is 18.2 Å². The summed E-state index contributed by atoms with van der Waals surface area (Å²) in [5.74, 6) is -0.749. The van der Waals surface area contributed by atoms with Crippen LogP contribution in [0.3, 0.4) is 0 Å². The molecule has 0 bridgehead atoms. The lowest BCUT2D eigenvalue weighted by Gasteiger charge is -2.05. The molecule has 100 valence electrons. The molecule has 1 aromatic rings. The van der Waals surface area contributed by atoms with Gasteiger partial charge in [-0.1, -0.05) is 6.07 Å². The van der Waals surface area contributed by atoms with Crippen molar-refractivity contribution in [3.8, 4) is 0 Å². The van der Waals surface area contributed by atoms with E-state index in [0.717, 1.165) is 0 Å². The Hall–Kier alpha value is -1.27. The highest BCUT2D eigenvalue weighted by Gasteiger charge is 2.13. The van der Waals surface area contributed by atoms with Gasteiger partial charge in [-0.25, -0.2) is 9.18 Å². The van der Waals surface area contributed by atoms with E-state index in [1.807, 2.05) is 0 Å². The molecule has 0 aliphatic carbocycles. The number of esters is 1. The molecule has 0 fully saturated rings. The van der Waals surface area contributed by atoms with Gasteiger partial charge in [0.1, 0.15) is 5.82 Å². The van der Waals surface area contributed by atoms with Gasteiger partial charge < -0.3 is 9.47 Å². The zero-order valence-corrected chi connectivity index (χ0v) is 11.1. The third-order valence-electron chi connectivity index (χ3n) is 2.28. The molecular formula is C12H15FO4S. The molecule has 4 nitrogen and oxygen atoms in total. The molecule has 0 aliphatic heterocycles. The summed E-state index contributed by atoms with van der Waals surface area (Å²) >= 11 is 0. The monoisotopic (exact) mass is 274 g/mol. The molecule has 1 rings (SSSR count). The molecule has 0 aliphatic rings. The van der Waals surface area contributed by atoms with Crippen molar-refractivity contribution in [3.63, 3.8) is 0 Å². The molecule has 6 heteroatoms. The third-order valence-corrected chi connectivity index (χ3v) is 3.56. The van der Waals surface area contributed by atoms with Gasteiger partial charge in [0, 0.05) is 29.4 Å². The Morgan fingerprint density at radius 3 is 2.67 bits per heavy atom. The summed E-state index contributed by atoms with van der Waals surface area (Å²) in [5, 5.41) is 0. The summed E-state index contributed by atoms with van der Waals surface area (Å²) in [6, 6.07) is 4.11. The molecule has 1 aromatic carbocycles. The second-order valence-corrected chi connectivity index (χ2v) is 5.16. The topological polar surface area (TPSA) is 52.6 Å². The number of carbonyl (C=O) groups excluding carboxylic acids is 1. The molecule has 0 saturated heterocycles. The molecule has 0 heterocycles. The van der Waals surface area contributed by atoms with Gasteiger partial charge >= 0.3 is 5.97 Å². The van der Waals surface area contributed by atoms with Crippen LogP contribution in [-0.4, -0.2) is 36.8 Å². The van der Waals surface area contributed by atoms with Crippen molar-refractivity contribution in [1.29, 1.82) is 0 Å². The van der Waals surface area contributed by atoms with Crippen molar-refractivity contribution < 1.29 is 22.9 Å². The highest BCUT2D eigenvalue weighted by Crippen LogP contribution is 2.13. The van der Waals surface area contributed by atoms with Gasteiger partial charge in [-0.05, 0) is 17.7 Å². The van der Waals surface area contributed by atoms with Crippen LogP contribution < -0.4 is 0 Å². The number of ether oxygens (including phenoxy) is 2. The van der Waals surface area contributed by atoms with Gasteiger partial charge in [-0.2, -0.15) is 0 Å². The predicted molar refractivity (Wildman–Crippen MR) is 66.3 cm³/mol. The van der Waals surface area contributed by atoms with Crippen LogP contribution >= 0.6 is 0 Å². The number of hydrogen-bond donors (Lipinski definition) is 0. The van der Waals surface area contributed by atoms with E-state index in [-0.39, 0.29) is 11.3 Å². The highest BCUT2D eigenvalue weighted by molar-refractivity contribution is 7.84. The van der Waals surface area contributed by atoms with Gasteiger partial charge in [0.05, 0.1) is 19.3 Å². The lowest BCUT2D eigenvalue weighted by molar-refractivity contribution is 0.0595. The van der Waals surface area contributed by atoms with Crippen LogP contribution in [0.1, 0.15) is 15.9 Å². The molecule has 0 spiro atoms. The Labute approximate surface area is 108 Å². The normalized spacial score (nSPS) is 12.2. The largest absolute Gasteiger partial charge is 0.465 e. The van der Waals surface area contributed by atoms with Gasteiger partial charge in [0.2, 0.25) is 0 Å². The van der Waals surface area contributed by atoms with E-state index >= 15 is 0 Å². The minimum Gasteiger partial charge on any atom is -0.465 e. The molecule has 0 N–H and O–H groups in total. The van der Waals surface area contributed by atoms with Crippen LogP contribution in [0.25, 0.3) is 0 Å². The average Bonchev–Trinajstić information content (AvgIpc) is 2.35. The number of halogens is 1. The van der Waals surface area contributed by atoms with Crippen LogP contribution in [0.2, 0.25) is 0 Å². The quantitative estimate of drug-likeness (QED) is 0.738. The minimum absolute atomic E-state index is 0.121. The van der Waals surface area contributed by atoms with Crippen molar-refractivity contribution in [2.45, 2.75) is 5.75 Å². The average molecular weight is 274 g/mol. The summed E-state index contributed by atoms with van der Waals surface area (Å²) in [4.78, 5) is 11.2. The number of methoxy groups -OCH3 is 2. The summed E-state index contributed by atoms with van der Waals surface area (Å²) in [6.07, 6.45) is 0. The molecule has 0 radical (unpaired) electrons. The first-order chi connectivity index (χ1) is 8.58. The van der Waals surface area contributed by atoms with Crippen LogP contribution in [0, 0.1) is 5.82 Å². The van der Waals surface area contributed by atoms with E-state index in [0.29, 0.717) is 17.9 Å². The van der Waals surface area contributed by atoms with E-state index in [1.165, 1.54) is 26.4 Å². The van der Waals surface area contributed by atoms with Crippen LogP contribution in [0.5, 0.6) is 0 Å². The standard InChI is InChI=1S/C12H15FO4S/c1-16-5-6-18(15)8-9-3-4-10(11(13)7-9)12(14)17-2/h3-4,7H,5-6,8H2,1-2H3. The Kier molecular flexibility index (Phi) is 5.94. The zero-order valence-electron chi connectivity index (χ0n) is 10.3. The molecular weight excluding hydrogens is 259 g/mol. The maximum absolute atomic E-state index is 13.6. The lowest BCUT2D eigenvalue weighted by atomic mass is 10.1. The van der Waals surface area contributed by atoms with Gasteiger partial charge in [-0.3, -0.25) is 4.21 Å².